The molecular formula is C19H16Cl2OTi. The van der Waals surface area contributed by atoms with Crippen LogP contribution in [-0.2, 0) is 21.7 Å². The molecule has 0 atom stereocenters. The summed E-state index contributed by atoms with van der Waals surface area (Å²) in [6.07, 6.45) is 0. The molecule has 0 unspecified atom stereocenters. The van der Waals surface area contributed by atoms with Crippen LogP contribution in [0.1, 0.15) is 0 Å². The Labute approximate surface area is 164 Å². The summed E-state index contributed by atoms with van der Waals surface area (Å²) in [5.74, 6) is 0.936. The van der Waals surface area contributed by atoms with Crippen LogP contribution in [0, 0.1) is 0 Å². The van der Waals surface area contributed by atoms with Gasteiger partial charge in [0.2, 0.25) is 0 Å². The van der Waals surface area contributed by atoms with E-state index in [-0.39, 0.29) is 46.5 Å². The molecule has 0 fully saturated rings. The number of methoxy groups -OCH3 is 1. The molecule has 0 N–H and O–H groups in total. The number of benzene rings is 2. The van der Waals surface area contributed by atoms with Crippen molar-refractivity contribution in [3.63, 3.8) is 0 Å². The molecule has 0 saturated heterocycles. The molecule has 0 radical (unpaired) electrons. The van der Waals surface area contributed by atoms with Crippen molar-refractivity contribution in [2.45, 2.75) is 0 Å². The topological polar surface area (TPSA) is 9.23 Å². The Hall–Kier alpha value is -1.25. The second-order valence-electron chi connectivity index (χ2n) is 4.68. The predicted molar refractivity (Wildman–Crippen MR) is 85.6 cm³/mol. The molecular weight excluding hydrogens is 363 g/mol. The van der Waals surface area contributed by atoms with Crippen molar-refractivity contribution in [3.8, 4) is 5.75 Å². The van der Waals surface area contributed by atoms with Crippen molar-refractivity contribution in [1.29, 1.82) is 0 Å². The van der Waals surface area contributed by atoms with Crippen LogP contribution in [0.5, 0.6) is 5.75 Å². The van der Waals surface area contributed by atoms with Crippen molar-refractivity contribution >= 4 is 21.5 Å². The van der Waals surface area contributed by atoms with E-state index >= 15 is 0 Å². The second-order valence-corrected chi connectivity index (χ2v) is 4.68. The predicted octanol–water partition coefficient (Wildman–Crippen LogP) is -0.868. The van der Waals surface area contributed by atoms with Gasteiger partial charge in [0, 0.05) is 5.75 Å². The van der Waals surface area contributed by atoms with Crippen molar-refractivity contribution < 1.29 is 51.3 Å². The third kappa shape index (κ3) is 5.40. The van der Waals surface area contributed by atoms with E-state index in [1.165, 1.54) is 21.5 Å². The van der Waals surface area contributed by atoms with Gasteiger partial charge in [-0.2, -0.15) is 17.5 Å². The van der Waals surface area contributed by atoms with Crippen LogP contribution >= 0.6 is 0 Å². The first kappa shape index (κ1) is 21.8. The Morgan fingerprint density at radius 3 is 2.00 bits per heavy atom. The van der Waals surface area contributed by atoms with Crippen LogP contribution in [0.25, 0.3) is 21.5 Å². The first-order chi connectivity index (χ1) is 9.86. The summed E-state index contributed by atoms with van der Waals surface area (Å²) in [6, 6.07) is 27.0. The van der Waals surface area contributed by atoms with E-state index in [4.69, 9.17) is 4.74 Å². The largest absolute Gasteiger partial charge is 4.00 e. The zero-order valence-corrected chi connectivity index (χ0v) is 15.7. The molecule has 0 aliphatic heterocycles. The van der Waals surface area contributed by atoms with Gasteiger partial charge in [-0.3, -0.25) is 0 Å². The normalized spacial score (nSPS) is 8.91. The van der Waals surface area contributed by atoms with Gasteiger partial charge in [-0.05, 0) is 0 Å². The number of halogens is 2. The first-order valence-corrected chi connectivity index (χ1v) is 6.67. The van der Waals surface area contributed by atoms with Crippen molar-refractivity contribution in [3.05, 3.63) is 78.9 Å². The average molecular weight is 379 g/mol. The molecule has 116 valence electrons. The molecule has 1 nitrogen and oxygen atoms in total. The summed E-state index contributed by atoms with van der Waals surface area (Å²) in [6.45, 7) is 0. The van der Waals surface area contributed by atoms with Gasteiger partial charge in [0.15, 0.2) is 0 Å². The fourth-order valence-corrected chi connectivity index (χ4v) is 2.31. The third-order valence-corrected chi connectivity index (χ3v) is 3.37. The molecule has 0 aliphatic carbocycles. The zero-order valence-electron chi connectivity index (χ0n) is 12.7. The van der Waals surface area contributed by atoms with Gasteiger partial charge in [-0.1, -0.05) is 12.1 Å². The molecule has 4 rings (SSSR count). The molecule has 0 aliphatic rings. The fourth-order valence-electron chi connectivity index (χ4n) is 2.31. The van der Waals surface area contributed by atoms with Crippen LogP contribution in [0.4, 0.5) is 0 Å². The Bertz CT molecular complexity index is 757. The van der Waals surface area contributed by atoms with E-state index in [9.17, 15) is 0 Å². The van der Waals surface area contributed by atoms with Crippen LogP contribution in [-0.4, -0.2) is 7.11 Å². The Kier molecular flexibility index (Phi) is 9.94. The Balaban J connectivity index is 0.000000377. The zero-order chi connectivity index (χ0) is 13.8. The summed E-state index contributed by atoms with van der Waals surface area (Å²) < 4.78 is 5.10. The summed E-state index contributed by atoms with van der Waals surface area (Å²) >= 11 is 0. The molecule has 0 aromatic heterocycles. The Morgan fingerprint density at radius 1 is 0.783 bits per heavy atom. The summed E-state index contributed by atoms with van der Waals surface area (Å²) in [5.41, 5.74) is 0. The smallest absolute Gasteiger partial charge is 1.00 e. The maximum absolute atomic E-state index is 5.10. The van der Waals surface area contributed by atoms with Crippen molar-refractivity contribution in [1.82, 2.24) is 0 Å². The van der Waals surface area contributed by atoms with Crippen LogP contribution < -0.4 is 29.6 Å². The van der Waals surface area contributed by atoms with E-state index in [0.717, 1.165) is 5.75 Å². The van der Waals surface area contributed by atoms with E-state index in [0.29, 0.717) is 0 Å². The molecule has 0 spiro atoms. The van der Waals surface area contributed by atoms with Gasteiger partial charge in [-0.15, -0.1) is 70.8 Å². The second kappa shape index (κ2) is 10.5. The van der Waals surface area contributed by atoms with E-state index < -0.39 is 0 Å². The minimum absolute atomic E-state index is 0. The molecule has 0 saturated carbocycles. The maximum Gasteiger partial charge on any atom is 4.00 e. The van der Waals surface area contributed by atoms with Crippen LogP contribution in [0.15, 0.2) is 78.9 Å². The number of rotatable bonds is 1. The number of fused-ring (bicyclic) bond motifs is 2. The number of hydrogen-bond donors (Lipinski definition) is 0. The minimum Gasteiger partial charge on any atom is -1.00 e. The first-order valence-electron chi connectivity index (χ1n) is 6.67. The third-order valence-electron chi connectivity index (χ3n) is 3.37. The number of ether oxygens (including phenoxy) is 1. The van der Waals surface area contributed by atoms with E-state index in [2.05, 4.69) is 54.6 Å². The molecule has 4 aromatic rings. The standard InChI is InChI=1S/C10H9O.C9H7.2ClH.Ti/c1-11-10-6-8-4-2-3-5-9(8)7-10;1-2-5-9-7-3-6-8(9)4-1;;;/h2-7H,1H3;1-7H;2*1H;/q2*-1;;;+4/p-2. The van der Waals surface area contributed by atoms with Crippen LogP contribution in [0.2, 0.25) is 0 Å². The molecule has 0 amide bonds. The van der Waals surface area contributed by atoms with Crippen molar-refractivity contribution in [2.75, 3.05) is 7.11 Å². The monoisotopic (exact) mass is 378 g/mol. The molecule has 4 heteroatoms. The number of hydrogen-bond acceptors (Lipinski definition) is 1. The van der Waals surface area contributed by atoms with Gasteiger partial charge in [0.25, 0.3) is 0 Å². The quantitative estimate of drug-likeness (QED) is 0.309. The Morgan fingerprint density at radius 2 is 1.39 bits per heavy atom. The molecule has 0 heterocycles. The van der Waals surface area contributed by atoms with E-state index in [1.807, 2.05) is 24.3 Å². The average Bonchev–Trinajstić information content (AvgIpc) is 3.13. The van der Waals surface area contributed by atoms with Gasteiger partial charge in [0.05, 0.1) is 7.11 Å². The fraction of sp³-hybridized carbons (Fsp3) is 0.0526. The summed E-state index contributed by atoms with van der Waals surface area (Å²) in [4.78, 5) is 0. The maximum atomic E-state index is 5.10. The summed E-state index contributed by atoms with van der Waals surface area (Å²) in [7, 11) is 1.69. The SMILES string of the molecule is COc1cc2ccccc2[cH-]1.[Cl-].[Cl-].[Ti+4].c1ccc2[cH-]ccc2c1. The molecule has 4 aromatic carbocycles. The van der Waals surface area contributed by atoms with Gasteiger partial charge >= 0.3 is 21.7 Å². The summed E-state index contributed by atoms with van der Waals surface area (Å²) in [5, 5.41) is 5.14. The van der Waals surface area contributed by atoms with E-state index in [1.54, 1.807) is 7.11 Å². The van der Waals surface area contributed by atoms with Gasteiger partial charge < -0.3 is 29.6 Å². The van der Waals surface area contributed by atoms with Gasteiger partial charge in [-0.25, -0.2) is 0 Å². The minimum atomic E-state index is 0. The molecule has 0 bridgehead atoms. The van der Waals surface area contributed by atoms with Gasteiger partial charge in [0.1, 0.15) is 0 Å². The van der Waals surface area contributed by atoms with Crippen LogP contribution in [0.3, 0.4) is 0 Å². The molecule has 23 heavy (non-hydrogen) atoms. The van der Waals surface area contributed by atoms with Crippen molar-refractivity contribution in [2.24, 2.45) is 0 Å².